The van der Waals surface area contributed by atoms with E-state index in [2.05, 4.69) is 4.98 Å². The minimum Gasteiger partial charge on any atom is -0.462 e. The Morgan fingerprint density at radius 3 is 2.84 bits per heavy atom. The van der Waals surface area contributed by atoms with Crippen molar-refractivity contribution in [3.8, 4) is 11.3 Å². The Morgan fingerprint density at radius 2 is 2.21 bits per heavy atom. The average Bonchev–Trinajstić information content (AvgIpc) is 2.39. The monoisotopic (exact) mass is 259 g/mol. The van der Waals surface area contributed by atoms with Gasteiger partial charge in [-0.25, -0.2) is 9.59 Å². The van der Waals surface area contributed by atoms with Crippen LogP contribution in [-0.2, 0) is 4.74 Å². The fraction of sp³-hybridized carbons (Fsp3) is 0.214. The lowest BCUT2D eigenvalue weighted by molar-refractivity contribution is 0.0523. The van der Waals surface area contributed by atoms with Crippen LogP contribution in [0, 0.1) is 6.92 Å². The van der Waals surface area contributed by atoms with Crippen molar-refractivity contribution in [2.24, 2.45) is 0 Å². The molecule has 2 rings (SSSR count). The molecule has 0 N–H and O–H groups in total. The molecule has 0 aromatic carbocycles. The number of pyridine rings is 1. The third kappa shape index (κ3) is 2.70. The van der Waals surface area contributed by atoms with Crippen molar-refractivity contribution in [1.82, 2.24) is 4.98 Å². The van der Waals surface area contributed by atoms with Gasteiger partial charge in [-0.15, -0.1) is 0 Å². The lowest BCUT2D eigenvalue weighted by Gasteiger charge is -2.09. The van der Waals surface area contributed by atoms with Gasteiger partial charge < -0.3 is 9.15 Å². The quantitative estimate of drug-likeness (QED) is 0.790. The number of hydrogen-bond donors (Lipinski definition) is 0. The van der Waals surface area contributed by atoms with Crippen molar-refractivity contribution in [3.05, 3.63) is 52.2 Å². The van der Waals surface area contributed by atoms with E-state index in [1.807, 2.05) is 0 Å². The minimum absolute atomic E-state index is 0.228. The third-order valence-electron chi connectivity index (χ3n) is 2.56. The van der Waals surface area contributed by atoms with E-state index in [4.69, 9.17) is 9.15 Å². The molecule has 0 atom stereocenters. The molecule has 0 radical (unpaired) electrons. The predicted octanol–water partition coefficient (Wildman–Crippen LogP) is 2.19. The van der Waals surface area contributed by atoms with Gasteiger partial charge in [0.1, 0.15) is 11.3 Å². The number of esters is 1. The van der Waals surface area contributed by atoms with Crippen LogP contribution in [0.5, 0.6) is 0 Å². The number of rotatable bonds is 3. The third-order valence-corrected chi connectivity index (χ3v) is 2.56. The van der Waals surface area contributed by atoms with Crippen molar-refractivity contribution in [1.29, 1.82) is 0 Å². The van der Waals surface area contributed by atoms with Gasteiger partial charge in [0.15, 0.2) is 0 Å². The molecule has 5 heteroatoms. The van der Waals surface area contributed by atoms with Gasteiger partial charge >= 0.3 is 11.6 Å². The second kappa shape index (κ2) is 5.48. The van der Waals surface area contributed by atoms with E-state index in [0.29, 0.717) is 11.3 Å². The Morgan fingerprint density at radius 1 is 1.42 bits per heavy atom. The average molecular weight is 259 g/mol. The molecule has 0 fully saturated rings. The second-order valence-electron chi connectivity index (χ2n) is 3.85. The number of nitrogens with zero attached hydrogens (tertiary/aromatic N) is 1. The van der Waals surface area contributed by atoms with Crippen LogP contribution in [0.4, 0.5) is 0 Å². The number of carbonyl (C=O) groups excluding carboxylic acids is 1. The van der Waals surface area contributed by atoms with Crippen molar-refractivity contribution >= 4 is 5.97 Å². The highest BCUT2D eigenvalue weighted by molar-refractivity contribution is 5.97. The molecular weight excluding hydrogens is 246 g/mol. The van der Waals surface area contributed by atoms with Gasteiger partial charge in [0.05, 0.1) is 12.3 Å². The molecule has 0 spiro atoms. The van der Waals surface area contributed by atoms with Gasteiger partial charge in [-0.3, -0.25) is 4.98 Å². The molecule has 2 aromatic heterocycles. The zero-order chi connectivity index (χ0) is 13.8. The first kappa shape index (κ1) is 13.0. The standard InChI is InChI=1S/C14H13NO4/c1-3-18-14(17)13-9(2)19-12(16)8-10(13)11-6-4-5-7-15-11/h4-8H,3H2,1-2H3. The number of ether oxygens (including phenoxy) is 1. The van der Waals surface area contributed by atoms with Crippen LogP contribution in [0.2, 0.25) is 0 Å². The Bertz CT molecular complexity index is 646. The summed E-state index contributed by atoms with van der Waals surface area (Å²) in [5, 5.41) is 0. The van der Waals surface area contributed by atoms with E-state index in [0.717, 1.165) is 0 Å². The Kier molecular flexibility index (Phi) is 3.75. The molecule has 0 aliphatic rings. The lowest BCUT2D eigenvalue weighted by atomic mass is 10.0. The van der Waals surface area contributed by atoms with E-state index in [-0.39, 0.29) is 17.9 Å². The number of aryl methyl sites for hydroxylation is 1. The molecule has 0 aliphatic heterocycles. The number of carbonyl (C=O) groups is 1. The smallest absolute Gasteiger partial charge is 0.342 e. The first-order valence-corrected chi connectivity index (χ1v) is 5.86. The topological polar surface area (TPSA) is 69.4 Å². The van der Waals surface area contributed by atoms with Crippen LogP contribution in [-0.4, -0.2) is 17.6 Å². The zero-order valence-electron chi connectivity index (χ0n) is 10.7. The van der Waals surface area contributed by atoms with Crippen molar-refractivity contribution in [2.45, 2.75) is 13.8 Å². The summed E-state index contributed by atoms with van der Waals surface area (Å²) in [4.78, 5) is 27.6. The highest BCUT2D eigenvalue weighted by atomic mass is 16.5. The first-order chi connectivity index (χ1) is 9.13. The molecule has 2 heterocycles. The van der Waals surface area contributed by atoms with Gasteiger partial charge in [0.25, 0.3) is 0 Å². The highest BCUT2D eigenvalue weighted by Gasteiger charge is 2.20. The van der Waals surface area contributed by atoms with Crippen molar-refractivity contribution < 1.29 is 13.9 Å². The molecule has 0 saturated heterocycles. The molecule has 19 heavy (non-hydrogen) atoms. The van der Waals surface area contributed by atoms with Gasteiger partial charge in [0, 0.05) is 17.8 Å². The van der Waals surface area contributed by atoms with Crippen LogP contribution in [0.1, 0.15) is 23.0 Å². The van der Waals surface area contributed by atoms with Crippen LogP contribution in [0.15, 0.2) is 39.7 Å². The van der Waals surface area contributed by atoms with Gasteiger partial charge in [0.2, 0.25) is 0 Å². The summed E-state index contributed by atoms with van der Waals surface area (Å²) in [6, 6.07) is 6.51. The zero-order valence-corrected chi connectivity index (χ0v) is 10.7. The maximum absolute atomic E-state index is 12.0. The van der Waals surface area contributed by atoms with Crippen LogP contribution >= 0.6 is 0 Å². The molecule has 0 aliphatic carbocycles. The molecule has 2 aromatic rings. The van der Waals surface area contributed by atoms with E-state index >= 15 is 0 Å². The molecule has 0 bridgehead atoms. The summed E-state index contributed by atoms with van der Waals surface area (Å²) in [5.41, 5.74) is 0.667. The number of aromatic nitrogens is 1. The summed E-state index contributed by atoms with van der Waals surface area (Å²) >= 11 is 0. The summed E-state index contributed by atoms with van der Waals surface area (Å²) in [6.07, 6.45) is 1.59. The number of hydrogen-bond acceptors (Lipinski definition) is 5. The van der Waals surface area contributed by atoms with E-state index < -0.39 is 11.6 Å². The highest BCUT2D eigenvalue weighted by Crippen LogP contribution is 2.23. The molecule has 5 nitrogen and oxygen atoms in total. The summed E-state index contributed by atoms with van der Waals surface area (Å²) < 4.78 is 9.94. The second-order valence-corrected chi connectivity index (χ2v) is 3.85. The van der Waals surface area contributed by atoms with Gasteiger partial charge in [-0.05, 0) is 26.0 Å². The van der Waals surface area contributed by atoms with Crippen LogP contribution in [0.25, 0.3) is 11.3 Å². The summed E-state index contributed by atoms with van der Waals surface area (Å²) in [7, 11) is 0. The lowest BCUT2D eigenvalue weighted by Crippen LogP contribution is -2.12. The summed E-state index contributed by atoms with van der Waals surface area (Å²) in [5.74, 6) is -0.295. The summed E-state index contributed by atoms with van der Waals surface area (Å²) in [6.45, 7) is 3.52. The van der Waals surface area contributed by atoms with Gasteiger partial charge in [-0.2, -0.15) is 0 Å². The molecule has 0 amide bonds. The SMILES string of the molecule is CCOC(=O)c1c(-c2ccccn2)cc(=O)oc1C. The Labute approximate surface area is 109 Å². The maximum atomic E-state index is 12.0. The predicted molar refractivity (Wildman–Crippen MR) is 68.9 cm³/mol. The van der Waals surface area contributed by atoms with Crippen LogP contribution < -0.4 is 5.63 Å². The fourth-order valence-electron chi connectivity index (χ4n) is 1.79. The van der Waals surface area contributed by atoms with Gasteiger partial charge in [-0.1, -0.05) is 6.07 Å². The normalized spacial score (nSPS) is 10.2. The van der Waals surface area contributed by atoms with E-state index in [9.17, 15) is 9.59 Å². The van der Waals surface area contributed by atoms with Crippen LogP contribution in [0.3, 0.4) is 0 Å². The Hall–Kier alpha value is -2.43. The molecule has 98 valence electrons. The fourth-order valence-corrected chi connectivity index (χ4v) is 1.79. The van der Waals surface area contributed by atoms with Crippen molar-refractivity contribution in [3.63, 3.8) is 0 Å². The van der Waals surface area contributed by atoms with Crippen molar-refractivity contribution in [2.75, 3.05) is 6.61 Å². The minimum atomic E-state index is -0.524. The largest absolute Gasteiger partial charge is 0.462 e. The maximum Gasteiger partial charge on any atom is 0.342 e. The van der Waals surface area contributed by atoms with E-state index in [1.54, 1.807) is 38.2 Å². The molecule has 0 saturated carbocycles. The first-order valence-electron chi connectivity index (χ1n) is 5.86. The molecule has 0 unspecified atom stereocenters. The molecular formula is C14H13NO4. The Balaban J connectivity index is 2.65. The van der Waals surface area contributed by atoms with E-state index in [1.165, 1.54) is 6.07 Å².